The molecule has 0 N–H and O–H groups in total. The highest BCUT2D eigenvalue weighted by Gasteiger charge is 2.18. The topological polar surface area (TPSA) is 72.7 Å². The molecule has 0 fully saturated rings. The number of carbonyl (C=O) groups is 1. The summed E-state index contributed by atoms with van der Waals surface area (Å²) in [5, 5.41) is 11.2. The van der Waals surface area contributed by atoms with Crippen molar-refractivity contribution in [2.24, 2.45) is 0 Å². The van der Waals surface area contributed by atoms with Crippen molar-refractivity contribution >= 4 is 29.0 Å². The minimum absolute atomic E-state index is 0.0157. The lowest BCUT2D eigenvalue weighted by Crippen LogP contribution is -2.31. The molecule has 1 amide bonds. The highest BCUT2D eigenvalue weighted by atomic mass is 32.2. The molecule has 0 saturated heterocycles. The van der Waals surface area contributed by atoms with Crippen molar-refractivity contribution in [3.05, 3.63) is 100 Å². The van der Waals surface area contributed by atoms with E-state index in [1.54, 1.807) is 17.0 Å². The van der Waals surface area contributed by atoms with E-state index in [1.807, 2.05) is 60.7 Å². The highest BCUT2D eigenvalue weighted by Crippen LogP contribution is 2.29. The van der Waals surface area contributed by atoms with Gasteiger partial charge in [-0.2, -0.15) is 0 Å². The summed E-state index contributed by atoms with van der Waals surface area (Å²) in [4.78, 5) is 25.5. The number of hydrogen-bond acceptors (Lipinski definition) is 5. The lowest BCUT2D eigenvalue weighted by Gasteiger charge is -2.23. The highest BCUT2D eigenvalue weighted by molar-refractivity contribution is 7.99. The molecule has 0 aliphatic carbocycles. The van der Waals surface area contributed by atoms with Gasteiger partial charge in [0.1, 0.15) is 0 Å². The van der Waals surface area contributed by atoms with Crippen molar-refractivity contribution in [1.29, 1.82) is 0 Å². The summed E-state index contributed by atoms with van der Waals surface area (Å²) in [5.74, 6) is 0.965. The molecule has 0 bridgehead atoms. The van der Waals surface area contributed by atoms with Crippen molar-refractivity contribution in [3.8, 4) is 5.75 Å². The molecule has 0 heterocycles. The fourth-order valence-corrected chi connectivity index (χ4v) is 3.85. The van der Waals surface area contributed by atoms with Gasteiger partial charge in [-0.1, -0.05) is 54.6 Å². The van der Waals surface area contributed by atoms with Gasteiger partial charge in [-0.25, -0.2) is 0 Å². The fraction of sp³-hybridized carbons (Fsp3) is 0.174. The third kappa shape index (κ3) is 5.61. The van der Waals surface area contributed by atoms with E-state index >= 15 is 0 Å². The molecule has 0 atom stereocenters. The molecule has 3 aromatic rings. The predicted octanol–water partition coefficient (Wildman–Crippen LogP) is 5.07. The standard InChI is InChI=1S/C23H22N2O4S/c1-29-22-13-12-19(14-21(22)25(27)28)16-30-17-23(26)24(20-10-6-3-7-11-20)15-18-8-4-2-5-9-18/h2-14H,15-17H2,1H3. The third-order valence-corrected chi connectivity index (χ3v) is 5.48. The summed E-state index contributed by atoms with van der Waals surface area (Å²) >= 11 is 1.43. The van der Waals surface area contributed by atoms with Crippen LogP contribution in [-0.4, -0.2) is 23.7 Å². The first-order valence-electron chi connectivity index (χ1n) is 9.37. The Kier molecular flexibility index (Phi) is 7.45. The van der Waals surface area contributed by atoms with Crippen LogP contribution >= 0.6 is 11.8 Å². The average Bonchev–Trinajstić information content (AvgIpc) is 2.78. The van der Waals surface area contributed by atoms with E-state index in [0.717, 1.165) is 16.8 Å². The van der Waals surface area contributed by atoms with Gasteiger partial charge in [-0.15, -0.1) is 11.8 Å². The summed E-state index contributed by atoms with van der Waals surface area (Å²) in [6, 6.07) is 24.3. The molecule has 0 aromatic heterocycles. The molecule has 7 heteroatoms. The molecule has 3 aromatic carbocycles. The normalized spacial score (nSPS) is 10.4. The van der Waals surface area contributed by atoms with Gasteiger partial charge in [-0.05, 0) is 29.3 Å². The van der Waals surface area contributed by atoms with Crippen LogP contribution in [0.25, 0.3) is 0 Å². The molecule has 30 heavy (non-hydrogen) atoms. The van der Waals surface area contributed by atoms with Gasteiger partial charge < -0.3 is 9.64 Å². The van der Waals surface area contributed by atoms with Gasteiger partial charge in [0.2, 0.25) is 5.91 Å². The minimum atomic E-state index is -0.463. The summed E-state index contributed by atoms with van der Waals surface area (Å²) in [6.45, 7) is 0.484. The largest absolute Gasteiger partial charge is 0.490 e. The number of nitro groups is 1. The summed E-state index contributed by atoms with van der Waals surface area (Å²) in [6.07, 6.45) is 0. The maximum Gasteiger partial charge on any atom is 0.311 e. The second-order valence-corrected chi connectivity index (χ2v) is 7.54. The smallest absolute Gasteiger partial charge is 0.311 e. The van der Waals surface area contributed by atoms with E-state index in [4.69, 9.17) is 4.74 Å². The van der Waals surface area contributed by atoms with E-state index in [1.165, 1.54) is 24.9 Å². The number of nitro benzene ring substituents is 1. The van der Waals surface area contributed by atoms with E-state index in [2.05, 4.69) is 0 Å². The number of rotatable bonds is 9. The number of para-hydroxylation sites is 1. The lowest BCUT2D eigenvalue weighted by molar-refractivity contribution is -0.385. The second kappa shape index (κ2) is 10.5. The molecule has 0 spiro atoms. The van der Waals surface area contributed by atoms with Crippen LogP contribution in [-0.2, 0) is 17.1 Å². The van der Waals surface area contributed by atoms with E-state index in [0.29, 0.717) is 12.3 Å². The Hall–Kier alpha value is -3.32. The Balaban J connectivity index is 1.67. The van der Waals surface area contributed by atoms with Crippen LogP contribution in [0.2, 0.25) is 0 Å². The van der Waals surface area contributed by atoms with E-state index < -0.39 is 4.92 Å². The van der Waals surface area contributed by atoms with Gasteiger partial charge in [0.15, 0.2) is 5.75 Å². The minimum Gasteiger partial charge on any atom is -0.490 e. The zero-order valence-electron chi connectivity index (χ0n) is 16.6. The Morgan fingerprint density at radius 2 is 1.67 bits per heavy atom. The number of methoxy groups -OCH3 is 1. The van der Waals surface area contributed by atoms with E-state index in [9.17, 15) is 14.9 Å². The fourth-order valence-electron chi connectivity index (χ4n) is 3.00. The van der Waals surface area contributed by atoms with Crippen molar-refractivity contribution in [3.63, 3.8) is 0 Å². The number of ether oxygens (including phenoxy) is 1. The molecule has 3 rings (SSSR count). The Labute approximate surface area is 179 Å². The summed E-state index contributed by atoms with van der Waals surface area (Å²) in [5.41, 5.74) is 2.59. The monoisotopic (exact) mass is 422 g/mol. The van der Waals surface area contributed by atoms with E-state index in [-0.39, 0.29) is 23.1 Å². The second-order valence-electron chi connectivity index (χ2n) is 6.56. The summed E-state index contributed by atoms with van der Waals surface area (Å²) < 4.78 is 5.03. The average molecular weight is 423 g/mol. The molecule has 0 aliphatic rings. The van der Waals surface area contributed by atoms with Crippen molar-refractivity contribution in [2.75, 3.05) is 17.8 Å². The van der Waals surface area contributed by atoms with Gasteiger partial charge >= 0.3 is 5.69 Å². The number of thioether (sulfide) groups is 1. The van der Waals surface area contributed by atoms with Crippen LogP contribution in [0.5, 0.6) is 5.75 Å². The third-order valence-electron chi connectivity index (χ3n) is 4.49. The lowest BCUT2D eigenvalue weighted by atomic mass is 10.2. The molecule has 0 saturated carbocycles. The van der Waals surface area contributed by atoms with Crippen molar-refractivity contribution in [2.45, 2.75) is 12.3 Å². The zero-order valence-corrected chi connectivity index (χ0v) is 17.4. The maximum absolute atomic E-state index is 13.0. The SMILES string of the molecule is COc1ccc(CSCC(=O)N(Cc2ccccc2)c2ccccc2)cc1[N+](=O)[O-]. The number of anilines is 1. The molecule has 0 unspecified atom stereocenters. The molecule has 6 nitrogen and oxygen atoms in total. The Morgan fingerprint density at radius 3 is 2.30 bits per heavy atom. The van der Waals surface area contributed by atoms with Crippen LogP contribution in [0.3, 0.4) is 0 Å². The Bertz CT molecular complexity index is 997. The van der Waals surface area contributed by atoms with Gasteiger partial charge in [0, 0.05) is 17.5 Å². The number of carbonyl (C=O) groups excluding carboxylic acids is 1. The maximum atomic E-state index is 13.0. The number of nitrogens with zero attached hydrogens (tertiary/aromatic N) is 2. The number of hydrogen-bond donors (Lipinski definition) is 0. The molecule has 0 aliphatic heterocycles. The molecular formula is C23H22N2O4S. The van der Waals surface area contributed by atoms with Gasteiger partial charge in [-0.3, -0.25) is 14.9 Å². The zero-order chi connectivity index (χ0) is 21.3. The van der Waals surface area contributed by atoms with Crippen LogP contribution in [0, 0.1) is 10.1 Å². The first kappa shape index (κ1) is 21.4. The van der Waals surface area contributed by atoms with Crippen molar-refractivity contribution < 1.29 is 14.5 Å². The van der Waals surface area contributed by atoms with Gasteiger partial charge in [0.25, 0.3) is 0 Å². The van der Waals surface area contributed by atoms with Crippen LogP contribution in [0.1, 0.15) is 11.1 Å². The molecular weight excluding hydrogens is 400 g/mol. The predicted molar refractivity (Wildman–Crippen MR) is 120 cm³/mol. The van der Waals surface area contributed by atoms with Crippen LogP contribution in [0.15, 0.2) is 78.9 Å². The Morgan fingerprint density at radius 1 is 1.00 bits per heavy atom. The first-order chi connectivity index (χ1) is 14.6. The van der Waals surface area contributed by atoms with Crippen LogP contribution in [0.4, 0.5) is 11.4 Å². The number of benzene rings is 3. The summed E-state index contributed by atoms with van der Waals surface area (Å²) in [7, 11) is 1.40. The van der Waals surface area contributed by atoms with Crippen LogP contribution < -0.4 is 9.64 Å². The first-order valence-corrected chi connectivity index (χ1v) is 10.5. The molecule has 0 radical (unpaired) electrons. The number of amides is 1. The quantitative estimate of drug-likeness (QED) is 0.356. The van der Waals surface area contributed by atoms with Gasteiger partial charge in [0.05, 0.1) is 24.3 Å². The molecule has 154 valence electrons. The van der Waals surface area contributed by atoms with Crippen molar-refractivity contribution in [1.82, 2.24) is 0 Å².